The Morgan fingerprint density at radius 1 is 1.29 bits per heavy atom. The van der Waals surface area contributed by atoms with Gasteiger partial charge in [-0.1, -0.05) is 19.1 Å². The van der Waals surface area contributed by atoms with E-state index in [9.17, 15) is 4.39 Å². The lowest BCUT2D eigenvalue weighted by atomic mass is 10.0. The molecule has 0 bridgehead atoms. The van der Waals surface area contributed by atoms with E-state index in [4.69, 9.17) is 0 Å². The molecule has 0 fully saturated rings. The van der Waals surface area contributed by atoms with Crippen LogP contribution in [0.5, 0.6) is 0 Å². The van der Waals surface area contributed by atoms with Gasteiger partial charge in [-0.05, 0) is 36.7 Å². The Labute approximate surface area is 100 Å². The summed E-state index contributed by atoms with van der Waals surface area (Å²) in [5, 5.41) is 10.3. The Morgan fingerprint density at radius 3 is 2.65 bits per heavy atom. The Balaban J connectivity index is 2.23. The molecule has 1 aromatic carbocycles. The zero-order valence-corrected chi connectivity index (χ0v) is 9.78. The van der Waals surface area contributed by atoms with E-state index in [-0.39, 0.29) is 11.9 Å². The van der Waals surface area contributed by atoms with Crippen molar-refractivity contribution in [3.63, 3.8) is 0 Å². The molecular weight excluding hydrogens is 217 g/mol. The molecule has 0 radical (unpaired) electrons. The SMILES string of the molecule is CCCNC(c1ccc(F)cc1)c1ccn[nH]1. The number of hydrogen-bond donors (Lipinski definition) is 2. The van der Waals surface area contributed by atoms with Gasteiger partial charge in [-0.15, -0.1) is 0 Å². The van der Waals surface area contributed by atoms with Crippen LogP contribution in [0.15, 0.2) is 36.5 Å². The maximum Gasteiger partial charge on any atom is 0.123 e. The van der Waals surface area contributed by atoms with E-state index >= 15 is 0 Å². The van der Waals surface area contributed by atoms with E-state index in [1.807, 2.05) is 6.07 Å². The molecule has 90 valence electrons. The molecule has 0 aliphatic carbocycles. The van der Waals surface area contributed by atoms with Gasteiger partial charge in [0, 0.05) is 6.20 Å². The highest BCUT2D eigenvalue weighted by molar-refractivity contribution is 5.27. The minimum absolute atomic E-state index is 0.0399. The van der Waals surface area contributed by atoms with Crippen molar-refractivity contribution in [2.24, 2.45) is 0 Å². The third kappa shape index (κ3) is 2.91. The first-order valence-corrected chi connectivity index (χ1v) is 5.79. The van der Waals surface area contributed by atoms with Crippen molar-refractivity contribution < 1.29 is 4.39 Å². The molecule has 4 heteroatoms. The lowest BCUT2D eigenvalue weighted by molar-refractivity contribution is 0.581. The number of benzene rings is 1. The third-order valence-corrected chi connectivity index (χ3v) is 2.64. The van der Waals surface area contributed by atoms with Crippen molar-refractivity contribution in [2.75, 3.05) is 6.54 Å². The number of nitrogens with zero attached hydrogens (tertiary/aromatic N) is 1. The summed E-state index contributed by atoms with van der Waals surface area (Å²) in [5.74, 6) is -0.215. The number of halogens is 1. The summed E-state index contributed by atoms with van der Waals surface area (Å²) in [6.07, 6.45) is 2.77. The molecule has 1 aromatic heterocycles. The molecule has 0 aliphatic heterocycles. The van der Waals surface area contributed by atoms with Gasteiger partial charge in [0.1, 0.15) is 5.82 Å². The zero-order chi connectivity index (χ0) is 12.1. The second-order valence-electron chi connectivity index (χ2n) is 3.95. The zero-order valence-electron chi connectivity index (χ0n) is 9.78. The summed E-state index contributed by atoms with van der Waals surface area (Å²) in [5.41, 5.74) is 2.02. The molecule has 0 saturated carbocycles. The average molecular weight is 233 g/mol. The first kappa shape index (κ1) is 11.8. The van der Waals surface area contributed by atoms with E-state index in [0.29, 0.717) is 0 Å². The second kappa shape index (κ2) is 5.59. The van der Waals surface area contributed by atoms with Crippen LogP contribution < -0.4 is 5.32 Å². The molecule has 17 heavy (non-hydrogen) atoms. The summed E-state index contributed by atoms with van der Waals surface area (Å²) in [6.45, 7) is 3.02. The highest BCUT2D eigenvalue weighted by Crippen LogP contribution is 2.20. The summed E-state index contributed by atoms with van der Waals surface area (Å²) in [4.78, 5) is 0. The van der Waals surface area contributed by atoms with E-state index < -0.39 is 0 Å². The predicted octanol–water partition coefficient (Wildman–Crippen LogP) is 2.64. The molecule has 0 spiro atoms. The van der Waals surface area contributed by atoms with Crippen LogP contribution in [0.3, 0.4) is 0 Å². The van der Waals surface area contributed by atoms with Crippen LogP contribution in [0, 0.1) is 5.82 Å². The molecular formula is C13H16FN3. The van der Waals surface area contributed by atoms with Crippen LogP contribution in [0.25, 0.3) is 0 Å². The first-order valence-electron chi connectivity index (χ1n) is 5.79. The first-order chi connectivity index (χ1) is 8.31. The van der Waals surface area contributed by atoms with Crippen LogP contribution in [0.1, 0.15) is 30.6 Å². The summed E-state index contributed by atoms with van der Waals surface area (Å²) in [6, 6.07) is 8.51. The number of rotatable bonds is 5. The maximum absolute atomic E-state index is 12.9. The standard InChI is InChI=1S/C13H16FN3/c1-2-8-15-13(12-7-9-16-17-12)10-3-5-11(14)6-4-10/h3-7,9,13,15H,2,8H2,1H3,(H,16,17). The van der Waals surface area contributed by atoms with E-state index in [0.717, 1.165) is 24.2 Å². The van der Waals surface area contributed by atoms with Crippen molar-refractivity contribution in [2.45, 2.75) is 19.4 Å². The lowest BCUT2D eigenvalue weighted by Crippen LogP contribution is -2.23. The fourth-order valence-electron chi connectivity index (χ4n) is 1.78. The predicted molar refractivity (Wildman–Crippen MR) is 65.1 cm³/mol. The van der Waals surface area contributed by atoms with Crippen molar-refractivity contribution >= 4 is 0 Å². The van der Waals surface area contributed by atoms with Gasteiger partial charge >= 0.3 is 0 Å². The highest BCUT2D eigenvalue weighted by Gasteiger charge is 2.14. The van der Waals surface area contributed by atoms with Crippen molar-refractivity contribution in [3.8, 4) is 0 Å². The molecule has 3 nitrogen and oxygen atoms in total. The molecule has 2 N–H and O–H groups in total. The van der Waals surface area contributed by atoms with Gasteiger partial charge in [0.2, 0.25) is 0 Å². The van der Waals surface area contributed by atoms with Gasteiger partial charge in [0.25, 0.3) is 0 Å². The highest BCUT2D eigenvalue weighted by atomic mass is 19.1. The lowest BCUT2D eigenvalue weighted by Gasteiger charge is -2.17. The Bertz CT molecular complexity index is 436. The molecule has 0 amide bonds. The van der Waals surface area contributed by atoms with Crippen LogP contribution >= 0.6 is 0 Å². The van der Waals surface area contributed by atoms with Gasteiger partial charge in [-0.2, -0.15) is 5.10 Å². The number of nitrogens with one attached hydrogen (secondary N) is 2. The van der Waals surface area contributed by atoms with E-state index in [2.05, 4.69) is 22.4 Å². The molecule has 0 aliphatic rings. The summed E-state index contributed by atoms with van der Waals surface area (Å²) >= 11 is 0. The van der Waals surface area contributed by atoms with Crippen LogP contribution in [-0.2, 0) is 0 Å². The molecule has 1 atom stereocenters. The quantitative estimate of drug-likeness (QED) is 0.833. The molecule has 1 unspecified atom stereocenters. The maximum atomic E-state index is 12.9. The van der Waals surface area contributed by atoms with Gasteiger partial charge < -0.3 is 5.32 Å². The molecule has 1 heterocycles. The monoisotopic (exact) mass is 233 g/mol. The Morgan fingerprint density at radius 2 is 2.06 bits per heavy atom. The fraction of sp³-hybridized carbons (Fsp3) is 0.308. The summed E-state index contributed by atoms with van der Waals surface area (Å²) in [7, 11) is 0. The van der Waals surface area contributed by atoms with E-state index in [1.54, 1.807) is 18.3 Å². The normalized spacial score (nSPS) is 12.6. The largest absolute Gasteiger partial charge is 0.305 e. The fourth-order valence-corrected chi connectivity index (χ4v) is 1.78. The topological polar surface area (TPSA) is 40.7 Å². The van der Waals surface area contributed by atoms with Crippen LogP contribution in [-0.4, -0.2) is 16.7 Å². The van der Waals surface area contributed by atoms with Gasteiger partial charge in [-0.3, -0.25) is 5.10 Å². The van der Waals surface area contributed by atoms with Crippen molar-refractivity contribution in [1.29, 1.82) is 0 Å². The third-order valence-electron chi connectivity index (χ3n) is 2.64. The number of hydrogen-bond acceptors (Lipinski definition) is 2. The average Bonchev–Trinajstić information content (AvgIpc) is 2.85. The second-order valence-corrected chi connectivity index (χ2v) is 3.95. The Hall–Kier alpha value is -1.68. The van der Waals surface area contributed by atoms with Crippen LogP contribution in [0.2, 0.25) is 0 Å². The van der Waals surface area contributed by atoms with Gasteiger partial charge in [-0.25, -0.2) is 4.39 Å². The smallest absolute Gasteiger partial charge is 0.123 e. The van der Waals surface area contributed by atoms with Gasteiger partial charge in [0.05, 0.1) is 11.7 Å². The van der Waals surface area contributed by atoms with E-state index in [1.165, 1.54) is 12.1 Å². The van der Waals surface area contributed by atoms with Crippen molar-refractivity contribution in [1.82, 2.24) is 15.5 Å². The van der Waals surface area contributed by atoms with Crippen molar-refractivity contribution in [3.05, 3.63) is 53.6 Å². The number of aromatic nitrogens is 2. The minimum atomic E-state index is -0.215. The van der Waals surface area contributed by atoms with Crippen LogP contribution in [0.4, 0.5) is 4.39 Å². The molecule has 2 rings (SSSR count). The molecule has 0 saturated heterocycles. The summed E-state index contributed by atoms with van der Waals surface area (Å²) < 4.78 is 12.9. The number of aromatic amines is 1. The number of H-pyrrole nitrogens is 1. The minimum Gasteiger partial charge on any atom is -0.305 e. The van der Waals surface area contributed by atoms with Gasteiger partial charge in [0.15, 0.2) is 0 Å². The Kier molecular flexibility index (Phi) is 3.88. The molecule has 2 aromatic rings.